The molecule has 1 aromatic heterocycles. The molecule has 29 heavy (non-hydrogen) atoms. The van der Waals surface area contributed by atoms with Crippen molar-refractivity contribution in [2.75, 3.05) is 23.4 Å². The van der Waals surface area contributed by atoms with Gasteiger partial charge in [0, 0.05) is 6.07 Å². The number of aryl methyl sites for hydroxylation is 1. The Morgan fingerprint density at radius 3 is 2.52 bits per heavy atom. The van der Waals surface area contributed by atoms with E-state index >= 15 is 0 Å². The van der Waals surface area contributed by atoms with Crippen molar-refractivity contribution < 1.29 is 35.9 Å². The van der Waals surface area contributed by atoms with Gasteiger partial charge < -0.3 is 14.8 Å². The first-order valence-corrected chi connectivity index (χ1v) is 10.4. The first-order valence-electron chi connectivity index (χ1n) is 8.56. The van der Waals surface area contributed by atoms with Crippen LogP contribution in [-0.4, -0.2) is 48.6 Å². The van der Waals surface area contributed by atoms with Crippen LogP contribution in [0, 0.1) is 6.92 Å². The lowest BCUT2D eigenvalue weighted by Crippen LogP contribution is -2.23. The summed E-state index contributed by atoms with van der Waals surface area (Å²) in [6, 6.07) is 5.88. The molecule has 0 unspecified atom stereocenters. The lowest BCUT2D eigenvalue weighted by Gasteiger charge is -2.14. The molecule has 1 N–H and O–H groups in total. The Labute approximate surface area is 164 Å². The van der Waals surface area contributed by atoms with Gasteiger partial charge >= 0.3 is 6.36 Å². The molecule has 1 saturated heterocycles. The van der Waals surface area contributed by atoms with Gasteiger partial charge in [-0.15, -0.1) is 13.2 Å². The third kappa shape index (κ3) is 5.86. The average Bonchev–Trinajstić information content (AvgIpc) is 3.14. The van der Waals surface area contributed by atoms with Crippen LogP contribution >= 0.6 is 0 Å². The molecule has 3 rings (SSSR count). The maximum atomic E-state index is 12.2. The summed E-state index contributed by atoms with van der Waals surface area (Å²) in [7, 11) is -3.12. The highest BCUT2D eigenvalue weighted by Gasteiger charge is 2.32. The summed E-state index contributed by atoms with van der Waals surface area (Å²) < 4.78 is 70.3. The number of halogens is 3. The van der Waals surface area contributed by atoms with Crippen LogP contribution in [0.4, 0.5) is 19.0 Å². The number of anilines is 1. The molecule has 0 bridgehead atoms. The number of ether oxygens (including phenoxy) is 2. The maximum absolute atomic E-state index is 12.2. The van der Waals surface area contributed by atoms with Crippen molar-refractivity contribution in [3.63, 3.8) is 0 Å². The van der Waals surface area contributed by atoms with Gasteiger partial charge in [0.15, 0.2) is 16.4 Å². The smallest absolute Gasteiger partial charge is 0.484 e. The van der Waals surface area contributed by atoms with Crippen LogP contribution in [0.25, 0.3) is 0 Å². The Kier molecular flexibility index (Phi) is 5.73. The zero-order valence-corrected chi connectivity index (χ0v) is 16.1. The molecule has 0 spiro atoms. The lowest BCUT2D eigenvalue weighted by molar-refractivity contribution is -0.274. The number of carbonyl (C=O) groups excluding carboxylic acids is 1. The molecule has 1 fully saturated rings. The molecule has 0 aliphatic carbocycles. The lowest BCUT2D eigenvalue weighted by atomic mass is 10.3. The summed E-state index contributed by atoms with van der Waals surface area (Å²) in [5, 5.41) is 6.88. The summed E-state index contributed by atoms with van der Waals surface area (Å²) in [4.78, 5) is 12.2. The van der Waals surface area contributed by atoms with Crippen LogP contribution < -0.4 is 14.8 Å². The monoisotopic (exact) mass is 433 g/mol. The minimum Gasteiger partial charge on any atom is -0.484 e. The second-order valence-corrected chi connectivity index (χ2v) is 8.76. The molecule has 1 aliphatic heterocycles. The summed E-state index contributed by atoms with van der Waals surface area (Å²) in [5.74, 6) is -0.364. The summed E-state index contributed by atoms with van der Waals surface area (Å²) in [6.45, 7) is 1.32. The largest absolute Gasteiger partial charge is 0.573 e. The van der Waals surface area contributed by atoms with Gasteiger partial charge in [0.1, 0.15) is 17.3 Å². The van der Waals surface area contributed by atoms with Gasteiger partial charge in [0.05, 0.1) is 23.2 Å². The fraction of sp³-hybridized carbons (Fsp3) is 0.412. The number of amides is 1. The Morgan fingerprint density at radius 1 is 1.28 bits per heavy atom. The van der Waals surface area contributed by atoms with E-state index in [1.54, 1.807) is 13.0 Å². The van der Waals surface area contributed by atoms with Gasteiger partial charge in [-0.25, -0.2) is 13.1 Å². The molecule has 2 heterocycles. The number of benzene rings is 1. The van der Waals surface area contributed by atoms with Crippen molar-refractivity contribution in [3.8, 4) is 11.5 Å². The minimum atomic E-state index is -4.79. The van der Waals surface area contributed by atoms with Crippen molar-refractivity contribution >= 4 is 21.6 Å². The van der Waals surface area contributed by atoms with Crippen LogP contribution in [0.5, 0.6) is 11.5 Å². The fourth-order valence-electron chi connectivity index (χ4n) is 2.92. The van der Waals surface area contributed by atoms with Crippen LogP contribution in [0.3, 0.4) is 0 Å². The van der Waals surface area contributed by atoms with Gasteiger partial charge in [0.2, 0.25) is 0 Å². The number of hydrogen-bond acceptors (Lipinski definition) is 6. The first kappa shape index (κ1) is 21.0. The van der Waals surface area contributed by atoms with Crippen molar-refractivity contribution in [3.05, 3.63) is 36.0 Å². The molecule has 0 saturated carbocycles. The minimum absolute atomic E-state index is 0.0418. The molecular weight excluding hydrogens is 415 g/mol. The molecule has 1 aliphatic rings. The van der Waals surface area contributed by atoms with E-state index in [0.29, 0.717) is 17.9 Å². The van der Waals surface area contributed by atoms with Crippen LogP contribution in [0.1, 0.15) is 18.2 Å². The van der Waals surface area contributed by atoms with Crippen molar-refractivity contribution in [1.29, 1.82) is 0 Å². The molecule has 1 atom stereocenters. The highest BCUT2D eigenvalue weighted by Crippen LogP contribution is 2.27. The van der Waals surface area contributed by atoms with E-state index < -0.39 is 34.5 Å². The molecule has 0 radical (unpaired) electrons. The zero-order chi connectivity index (χ0) is 21.2. The molecule has 12 heteroatoms. The number of nitrogens with zero attached hydrogens (tertiary/aromatic N) is 2. The highest BCUT2D eigenvalue weighted by molar-refractivity contribution is 7.91. The SMILES string of the molecule is Cc1cc(NC(=O)COc2ccc(OC(F)(F)F)cc2)n([C@H]2CCS(=O)(=O)C2)n1. The maximum Gasteiger partial charge on any atom is 0.573 e. The first-order chi connectivity index (χ1) is 13.5. The zero-order valence-electron chi connectivity index (χ0n) is 15.3. The number of alkyl halides is 3. The molecule has 2 aromatic rings. The molecule has 1 aromatic carbocycles. The number of carbonyl (C=O) groups is 1. The predicted molar refractivity (Wildman–Crippen MR) is 96.5 cm³/mol. The van der Waals surface area contributed by atoms with Crippen LogP contribution in [0.15, 0.2) is 30.3 Å². The van der Waals surface area contributed by atoms with E-state index in [1.807, 2.05) is 0 Å². The van der Waals surface area contributed by atoms with Crippen LogP contribution in [-0.2, 0) is 14.6 Å². The Bertz CT molecular complexity index is 987. The quantitative estimate of drug-likeness (QED) is 0.752. The topological polar surface area (TPSA) is 99.5 Å². The Morgan fingerprint density at radius 2 is 1.93 bits per heavy atom. The summed E-state index contributed by atoms with van der Waals surface area (Å²) in [5.41, 5.74) is 0.616. The molecule has 8 nitrogen and oxygen atoms in total. The summed E-state index contributed by atoms with van der Waals surface area (Å²) in [6.07, 6.45) is -4.38. The average molecular weight is 433 g/mol. The van der Waals surface area contributed by atoms with E-state index in [9.17, 15) is 26.4 Å². The van der Waals surface area contributed by atoms with Gasteiger partial charge in [-0.2, -0.15) is 5.10 Å². The fourth-order valence-corrected chi connectivity index (χ4v) is 4.61. The van der Waals surface area contributed by atoms with Crippen molar-refractivity contribution in [2.24, 2.45) is 0 Å². The highest BCUT2D eigenvalue weighted by atomic mass is 32.2. The molecule has 1 amide bonds. The van der Waals surface area contributed by atoms with Crippen molar-refractivity contribution in [2.45, 2.75) is 25.7 Å². The second-order valence-electron chi connectivity index (χ2n) is 6.53. The molecule has 158 valence electrons. The Hall–Kier alpha value is -2.76. The standard InChI is InChI=1S/C17H18F3N3O5S/c1-11-8-15(23(22-11)12-6-7-29(25,26)10-12)21-16(24)9-27-13-2-4-14(5-3-13)28-17(18,19)20/h2-5,8,12H,6-7,9-10H2,1H3,(H,21,24)/t12-/m0/s1. The van der Waals surface area contributed by atoms with E-state index in [-0.39, 0.29) is 23.3 Å². The van der Waals surface area contributed by atoms with Crippen molar-refractivity contribution in [1.82, 2.24) is 9.78 Å². The van der Waals surface area contributed by atoms with Gasteiger partial charge in [-0.3, -0.25) is 4.79 Å². The van der Waals surface area contributed by atoms with E-state index in [0.717, 1.165) is 12.1 Å². The summed E-state index contributed by atoms with van der Waals surface area (Å²) >= 11 is 0. The van der Waals surface area contributed by atoms with E-state index in [4.69, 9.17) is 4.74 Å². The second kappa shape index (κ2) is 7.93. The number of aromatic nitrogens is 2. The van der Waals surface area contributed by atoms with Crippen LogP contribution in [0.2, 0.25) is 0 Å². The predicted octanol–water partition coefficient (Wildman–Crippen LogP) is 2.47. The van der Waals surface area contributed by atoms with E-state index in [1.165, 1.54) is 16.8 Å². The number of sulfone groups is 1. The normalized spacial score (nSPS) is 18.4. The van der Waals surface area contributed by atoms with Gasteiger partial charge in [-0.1, -0.05) is 0 Å². The Balaban J connectivity index is 1.58. The number of hydrogen-bond donors (Lipinski definition) is 1. The van der Waals surface area contributed by atoms with Gasteiger partial charge in [-0.05, 0) is 37.6 Å². The third-order valence-corrected chi connectivity index (χ3v) is 5.86. The number of rotatable bonds is 6. The van der Waals surface area contributed by atoms with Gasteiger partial charge in [0.25, 0.3) is 5.91 Å². The third-order valence-electron chi connectivity index (χ3n) is 4.11. The van der Waals surface area contributed by atoms with E-state index in [2.05, 4.69) is 15.2 Å². The molecular formula is C17H18F3N3O5S. The number of nitrogens with one attached hydrogen (secondary N) is 1.